The predicted octanol–water partition coefficient (Wildman–Crippen LogP) is 4.08. The summed E-state index contributed by atoms with van der Waals surface area (Å²) >= 11 is 0. The molecule has 6 nitrogen and oxygen atoms in total. The number of benzene rings is 2. The van der Waals surface area contributed by atoms with Gasteiger partial charge in [-0.25, -0.2) is 0 Å². The number of hydrogen-bond donors (Lipinski definition) is 0. The van der Waals surface area contributed by atoms with E-state index in [1.165, 1.54) is 11.3 Å². The Morgan fingerprint density at radius 3 is 2.31 bits per heavy atom. The highest BCUT2D eigenvalue weighted by molar-refractivity contribution is 5.84. The summed E-state index contributed by atoms with van der Waals surface area (Å²) in [4.78, 5) is 33.6. The number of carbonyl (C=O) groups excluding carboxylic acids is 2. The minimum absolute atomic E-state index is 0.00245. The van der Waals surface area contributed by atoms with E-state index in [1.807, 2.05) is 28.0 Å². The molecule has 1 aliphatic carbocycles. The summed E-state index contributed by atoms with van der Waals surface area (Å²) in [5, 5.41) is 0. The Kier molecular flexibility index (Phi) is 6.98. The number of aryl methyl sites for hydroxylation is 1. The zero-order valence-corrected chi connectivity index (χ0v) is 21.0. The number of methoxy groups -OCH3 is 1. The average Bonchev–Trinajstić information content (AvgIpc) is 3.59. The van der Waals surface area contributed by atoms with Crippen molar-refractivity contribution in [1.82, 2.24) is 9.80 Å². The third-order valence-corrected chi connectivity index (χ3v) is 8.22. The maximum absolute atomic E-state index is 13.9. The van der Waals surface area contributed by atoms with Crippen LogP contribution in [0.15, 0.2) is 48.5 Å². The van der Waals surface area contributed by atoms with Crippen LogP contribution >= 0.6 is 0 Å². The van der Waals surface area contributed by atoms with Crippen LogP contribution in [-0.4, -0.2) is 68.0 Å². The lowest BCUT2D eigenvalue weighted by Gasteiger charge is -2.38. The molecule has 2 aliphatic heterocycles. The second-order valence-corrected chi connectivity index (χ2v) is 10.3. The number of piperazine rings is 1. The molecular weight excluding hydrogens is 438 g/mol. The number of rotatable bonds is 5. The van der Waals surface area contributed by atoms with Crippen molar-refractivity contribution in [3.05, 3.63) is 59.7 Å². The first-order valence-electron chi connectivity index (χ1n) is 13.1. The highest BCUT2D eigenvalue weighted by Gasteiger charge is 2.44. The van der Waals surface area contributed by atoms with Gasteiger partial charge in [-0.3, -0.25) is 9.59 Å². The second-order valence-electron chi connectivity index (χ2n) is 10.3. The maximum atomic E-state index is 13.9. The molecule has 186 valence electrons. The van der Waals surface area contributed by atoms with E-state index < -0.39 is 0 Å². The molecule has 3 fully saturated rings. The van der Waals surface area contributed by atoms with Gasteiger partial charge in [-0.2, -0.15) is 0 Å². The summed E-state index contributed by atoms with van der Waals surface area (Å²) in [5.41, 5.74) is 3.60. The molecule has 0 radical (unpaired) electrons. The minimum Gasteiger partial charge on any atom is -0.497 e. The summed E-state index contributed by atoms with van der Waals surface area (Å²) in [6, 6.07) is 16.5. The zero-order chi connectivity index (χ0) is 24.4. The van der Waals surface area contributed by atoms with Gasteiger partial charge in [0, 0.05) is 56.8 Å². The average molecular weight is 476 g/mol. The number of para-hydroxylation sites is 1. The number of hydrogen-bond acceptors (Lipinski definition) is 4. The van der Waals surface area contributed by atoms with E-state index in [-0.39, 0.29) is 29.6 Å². The first-order chi connectivity index (χ1) is 17.0. The van der Waals surface area contributed by atoms with E-state index in [4.69, 9.17) is 4.74 Å². The van der Waals surface area contributed by atoms with Gasteiger partial charge in [0.15, 0.2) is 0 Å². The molecular formula is C29H37N3O3. The molecule has 0 N–H and O–H groups in total. The first kappa shape index (κ1) is 23.7. The Labute approximate surface area is 208 Å². The lowest BCUT2D eigenvalue weighted by molar-refractivity contribution is -0.137. The molecule has 2 heterocycles. The van der Waals surface area contributed by atoms with E-state index >= 15 is 0 Å². The van der Waals surface area contributed by atoms with Crippen LogP contribution in [0.1, 0.15) is 42.7 Å². The first-order valence-corrected chi connectivity index (χ1v) is 13.1. The quantitative estimate of drug-likeness (QED) is 0.654. The van der Waals surface area contributed by atoms with Crippen molar-refractivity contribution in [3.8, 4) is 5.75 Å². The van der Waals surface area contributed by atoms with Crippen molar-refractivity contribution in [2.75, 3.05) is 51.3 Å². The molecule has 35 heavy (non-hydrogen) atoms. The number of amides is 2. The fourth-order valence-corrected chi connectivity index (χ4v) is 6.20. The number of carbonyl (C=O) groups is 2. The fourth-order valence-electron chi connectivity index (χ4n) is 6.20. The molecule has 2 aromatic rings. The van der Waals surface area contributed by atoms with Crippen molar-refractivity contribution >= 4 is 17.5 Å². The summed E-state index contributed by atoms with van der Waals surface area (Å²) in [6.07, 6.45) is 4.24. The van der Waals surface area contributed by atoms with Crippen LogP contribution in [0.25, 0.3) is 0 Å². The SMILES string of the molecule is COc1cccc([C@H]2CN(C(=O)C3CCCC3)C[C@H]2C(=O)N2CCN(c3ccccc3C)CC2)c1. The summed E-state index contributed by atoms with van der Waals surface area (Å²) in [6.45, 7) is 6.36. The van der Waals surface area contributed by atoms with Gasteiger partial charge in [-0.05, 0) is 49.1 Å². The molecule has 0 aromatic heterocycles. The number of nitrogens with zero attached hydrogens (tertiary/aromatic N) is 3. The lowest BCUT2D eigenvalue weighted by atomic mass is 9.87. The molecule has 3 aliphatic rings. The highest BCUT2D eigenvalue weighted by atomic mass is 16.5. The van der Waals surface area contributed by atoms with Crippen LogP contribution in [0.2, 0.25) is 0 Å². The monoisotopic (exact) mass is 475 g/mol. The Morgan fingerprint density at radius 2 is 1.60 bits per heavy atom. The molecule has 2 aromatic carbocycles. The minimum atomic E-state index is -0.211. The zero-order valence-electron chi connectivity index (χ0n) is 21.0. The number of likely N-dealkylation sites (tertiary alicyclic amines) is 1. The molecule has 2 atom stereocenters. The fraction of sp³-hybridized carbons (Fsp3) is 0.517. The van der Waals surface area contributed by atoms with E-state index in [0.717, 1.165) is 50.1 Å². The van der Waals surface area contributed by atoms with E-state index in [9.17, 15) is 9.59 Å². The Balaban J connectivity index is 1.32. The molecule has 6 heteroatoms. The van der Waals surface area contributed by atoms with Gasteiger partial charge < -0.3 is 19.4 Å². The Hall–Kier alpha value is -3.02. The summed E-state index contributed by atoms with van der Waals surface area (Å²) in [5.74, 6) is 1.14. The van der Waals surface area contributed by atoms with Gasteiger partial charge in [0.25, 0.3) is 0 Å². The van der Waals surface area contributed by atoms with Crippen LogP contribution in [0.5, 0.6) is 5.75 Å². The molecule has 0 spiro atoms. The third-order valence-electron chi connectivity index (χ3n) is 8.22. The van der Waals surface area contributed by atoms with Crippen molar-refractivity contribution in [2.24, 2.45) is 11.8 Å². The Bertz CT molecular complexity index is 1060. The summed E-state index contributed by atoms with van der Waals surface area (Å²) in [7, 11) is 1.67. The van der Waals surface area contributed by atoms with E-state index in [2.05, 4.69) is 42.2 Å². The van der Waals surface area contributed by atoms with Gasteiger partial charge in [-0.15, -0.1) is 0 Å². The largest absolute Gasteiger partial charge is 0.497 e. The van der Waals surface area contributed by atoms with Gasteiger partial charge >= 0.3 is 0 Å². The topological polar surface area (TPSA) is 53.1 Å². The van der Waals surface area contributed by atoms with Crippen LogP contribution in [-0.2, 0) is 9.59 Å². The van der Waals surface area contributed by atoms with Crippen molar-refractivity contribution in [1.29, 1.82) is 0 Å². The van der Waals surface area contributed by atoms with E-state index in [0.29, 0.717) is 26.2 Å². The molecule has 1 saturated carbocycles. The molecule has 2 saturated heterocycles. The molecule has 2 amide bonds. The van der Waals surface area contributed by atoms with Crippen molar-refractivity contribution in [3.63, 3.8) is 0 Å². The molecule has 5 rings (SSSR count). The normalized spacial score (nSPS) is 23.1. The molecule has 0 unspecified atom stereocenters. The highest BCUT2D eigenvalue weighted by Crippen LogP contribution is 2.38. The third kappa shape index (κ3) is 4.89. The van der Waals surface area contributed by atoms with Crippen molar-refractivity contribution < 1.29 is 14.3 Å². The number of ether oxygens (including phenoxy) is 1. The van der Waals surface area contributed by atoms with E-state index in [1.54, 1.807) is 7.11 Å². The standard InChI is InChI=1S/C29H37N3O3/c1-21-8-3-6-13-27(21)30-14-16-31(17-15-30)29(34)26-20-32(28(33)22-9-4-5-10-22)19-25(26)23-11-7-12-24(18-23)35-2/h3,6-8,11-13,18,22,25-26H,4-5,9-10,14-17,19-20H2,1-2H3/t25-,26-/m1/s1. The van der Waals surface area contributed by atoms with Gasteiger partial charge in [0.1, 0.15) is 5.75 Å². The Morgan fingerprint density at radius 1 is 0.857 bits per heavy atom. The smallest absolute Gasteiger partial charge is 0.228 e. The number of anilines is 1. The van der Waals surface area contributed by atoms with Crippen molar-refractivity contribution in [2.45, 2.75) is 38.5 Å². The van der Waals surface area contributed by atoms with Gasteiger partial charge in [0.2, 0.25) is 11.8 Å². The predicted molar refractivity (Wildman–Crippen MR) is 138 cm³/mol. The molecule has 0 bridgehead atoms. The van der Waals surface area contributed by atoms with Crippen LogP contribution in [0, 0.1) is 18.8 Å². The lowest BCUT2D eigenvalue weighted by Crippen LogP contribution is -2.51. The maximum Gasteiger partial charge on any atom is 0.228 e. The van der Waals surface area contributed by atoms with Crippen LogP contribution in [0.3, 0.4) is 0 Å². The van der Waals surface area contributed by atoms with Crippen LogP contribution < -0.4 is 9.64 Å². The summed E-state index contributed by atoms with van der Waals surface area (Å²) < 4.78 is 5.46. The van der Waals surface area contributed by atoms with Gasteiger partial charge in [0.05, 0.1) is 13.0 Å². The second kappa shape index (κ2) is 10.3. The van der Waals surface area contributed by atoms with Gasteiger partial charge in [-0.1, -0.05) is 43.2 Å². The van der Waals surface area contributed by atoms with Crippen LogP contribution in [0.4, 0.5) is 5.69 Å².